The van der Waals surface area contributed by atoms with Crippen molar-refractivity contribution in [3.05, 3.63) is 370 Å². The normalized spacial score (nSPS) is 20.1. The number of nitrogens with zero attached hydrogens (tertiary/aromatic N) is 3. The Kier molecular flexibility index (Phi) is 36.4. The predicted octanol–water partition coefficient (Wildman–Crippen LogP) is 19.7. The van der Waals surface area contributed by atoms with Crippen molar-refractivity contribution in [2.75, 3.05) is 29.6 Å². The number of amides is 2. The number of carbonyl (C=O) groups excluding carboxylic acids is 4. The maximum Gasteiger partial charge on any atom is 1.00 e. The number of anilines is 5. The van der Waals surface area contributed by atoms with Gasteiger partial charge < -0.3 is 79.7 Å². The Labute approximate surface area is 948 Å². The Hall–Kier alpha value is -11.9. The van der Waals surface area contributed by atoms with Crippen LogP contribution < -0.4 is 152 Å². The molecule has 1 aliphatic carbocycles. The summed E-state index contributed by atoms with van der Waals surface area (Å²) in [6.45, 7) is 4.13. The molecule has 768 valence electrons. The molecule has 5 N–H and O–H groups in total. The second kappa shape index (κ2) is 49.2. The first-order valence-electron chi connectivity index (χ1n) is 48.8. The van der Waals surface area contributed by atoms with Crippen LogP contribution in [0.4, 0.5) is 68.0 Å². The molecule has 10 aromatic carbocycles. The van der Waals surface area contributed by atoms with Crippen molar-refractivity contribution in [2.24, 2.45) is 0 Å². The molecule has 12 aliphatic rings. The van der Waals surface area contributed by atoms with Gasteiger partial charge in [-0.3, -0.25) is 24.1 Å². The molecule has 12 aromatic rings. The molecule has 7 fully saturated rings. The Morgan fingerprint density at radius 3 is 1.33 bits per heavy atom. The van der Waals surface area contributed by atoms with Crippen molar-refractivity contribution in [3.63, 3.8) is 0 Å². The van der Waals surface area contributed by atoms with Gasteiger partial charge in [-0.2, -0.15) is 47.9 Å². The van der Waals surface area contributed by atoms with Crippen molar-refractivity contribution in [2.45, 2.75) is 182 Å². The third kappa shape index (κ3) is 24.9. The van der Waals surface area contributed by atoms with Crippen molar-refractivity contribution in [1.29, 1.82) is 0 Å². The number of para-hydroxylation sites is 10. The topological polar surface area (TPSA) is 285 Å². The number of likely N-dealkylation sites (tertiary alicyclic amines) is 1. The van der Waals surface area contributed by atoms with Crippen LogP contribution in [0.1, 0.15) is 172 Å². The molecule has 0 spiro atoms. The summed E-state index contributed by atoms with van der Waals surface area (Å²) in [5, 5.41) is 29.9. The number of allylic oxidation sites excluding steroid dienone is 2. The number of aliphatic hydroxyl groups is 1. The van der Waals surface area contributed by atoms with E-state index in [2.05, 4.69) is 174 Å². The van der Waals surface area contributed by atoms with Gasteiger partial charge in [-0.05, 0) is 236 Å². The third-order valence-corrected chi connectivity index (χ3v) is 29.1. The van der Waals surface area contributed by atoms with Crippen molar-refractivity contribution < 1.29 is 219 Å². The molecule has 11 aliphatic heterocycles. The first kappa shape index (κ1) is 111. The van der Waals surface area contributed by atoms with E-state index in [-0.39, 0.29) is 147 Å². The number of nitrogens with one attached hydrogen (secondary N) is 4. The minimum Gasteiger partial charge on any atom is -1.00 e. The number of benzene rings is 10. The molecular formula is C115H106F9K2N7O16S. The molecule has 2 amide bonds. The average molecular weight is 2120 g/mol. The van der Waals surface area contributed by atoms with Crippen molar-refractivity contribution in [3.8, 4) is 51.7 Å². The molecule has 13 heterocycles. The summed E-state index contributed by atoms with van der Waals surface area (Å²) in [7, 11) is -4.99. The summed E-state index contributed by atoms with van der Waals surface area (Å²) in [6, 6.07) is 81.1. The van der Waals surface area contributed by atoms with Gasteiger partial charge in [-0.25, -0.2) is 0 Å². The van der Waals surface area contributed by atoms with E-state index in [1.807, 2.05) is 97.1 Å². The number of piperidine rings is 3. The van der Waals surface area contributed by atoms with Crippen LogP contribution in [0.3, 0.4) is 0 Å². The molecule has 6 bridgehead atoms. The van der Waals surface area contributed by atoms with Crippen LogP contribution in [0.15, 0.2) is 323 Å². The van der Waals surface area contributed by atoms with Gasteiger partial charge in [-0.1, -0.05) is 204 Å². The first-order chi connectivity index (χ1) is 71.6. The number of aliphatic hydroxyl groups excluding tert-OH is 1. The van der Waals surface area contributed by atoms with E-state index >= 15 is 0 Å². The molecule has 2 aromatic heterocycles. The molecular weight excluding hydrogens is 2020 g/mol. The molecule has 0 saturated carbocycles. The maximum absolute atomic E-state index is 13.3. The van der Waals surface area contributed by atoms with Crippen LogP contribution in [-0.2, 0) is 35.9 Å². The van der Waals surface area contributed by atoms with Crippen molar-refractivity contribution >= 4 is 85.4 Å². The third-order valence-electron chi connectivity index (χ3n) is 28.1. The number of ether oxygens (including phenoxy) is 4. The monoisotopic (exact) mass is 2120 g/mol. The van der Waals surface area contributed by atoms with E-state index in [1.165, 1.54) is 89.1 Å². The number of halogens is 9. The minimum atomic E-state index is -5.99. The Balaban J connectivity index is 0.000000144. The number of fused-ring (bicyclic) bond motifs is 14. The summed E-state index contributed by atoms with van der Waals surface area (Å²) >= 11 is 0. The zero-order chi connectivity index (χ0) is 104. The summed E-state index contributed by atoms with van der Waals surface area (Å²) in [5.74, 6) is 2.27. The SMILES string of the molecule is C/C(CC1CCCN1Cc1ccco1)=C1/c2ccccc2Oc2c(NC3C=CC=CC3)cccc21.CO.O=C(N1C2CCC1CC(=C1c3ccccc3Oc3c(Nc4ccccc4)cccc31)C2)C(F)(F)F.O=C(N1C2CCC1CC(=C1c3ccccc3Oc3c(OS(=O)(=O)C(F)(F)F)cccc31)C2)C(F)(F)F.O=CO[O-].O=Cc1ccco1.[H-].[K+].[K+].c1ccc(Nc2cccc3c2Oc2ccccc2C3=C2CC3CCC(C2)N3)cc1. The molecule has 8 atom stereocenters. The summed E-state index contributed by atoms with van der Waals surface area (Å²) in [6.07, 6.45) is 15.0. The summed E-state index contributed by atoms with van der Waals surface area (Å²) in [4.78, 5) is 49.7. The van der Waals surface area contributed by atoms with Gasteiger partial charge >= 0.3 is 143 Å². The summed E-state index contributed by atoms with van der Waals surface area (Å²) < 4.78 is 181. The maximum atomic E-state index is 13.3. The summed E-state index contributed by atoms with van der Waals surface area (Å²) in [5.41, 5.74) is 15.6. The zero-order valence-corrected chi connectivity index (χ0v) is 89.5. The Morgan fingerprint density at radius 1 is 0.480 bits per heavy atom. The van der Waals surface area contributed by atoms with Crippen LogP contribution >= 0.6 is 0 Å². The predicted molar refractivity (Wildman–Crippen MR) is 541 cm³/mol. The van der Waals surface area contributed by atoms with E-state index in [0.717, 1.165) is 141 Å². The van der Waals surface area contributed by atoms with Crippen LogP contribution in [0.5, 0.6) is 51.7 Å². The number of hydrogen-bond acceptors (Lipinski definition) is 21. The van der Waals surface area contributed by atoms with E-state index in [4.69, 9.17) is 38.5 Å². The molecule has 23 nitrogen and oxygen atoms in total. The largest absolute Gasteiger partial charge is 1.00 e. The van der Waals surface area contributed by atoms with Gasteiger partial charge in [0.05, 0.1) is 36.1 Å². The van der Waals surface area contributed by atoms with Crippen LogP contribution in [0, 0.1) is 0 Å². The van der Waals surface area contributed by atoms with E-state index in [1.54, 1.807) is 42.2 Å². The smallest absolute Gasteiger partial charge is 1.00 e. The van der Waals surface area contributed by atoms with Crippen LogP contribution in [-0.4, -0.2) is 133 Å². The van der Waals surface area contributed by atoms with Crippen LogP contribution in [0.2, 0.25) is 0 Å². The minimum absolute atomic E-state index is 0. The average Bonchev–Trinajstić information content (AvgIpc) is 1.72. The van der Waals surface area contributed by atoms with Gasteiger partial charge in [-0.15, -0.1) is 0 Å². The fourth-order valence-corrected chi connectivity index (χ4v) is 22.5. The van der Waals surface area contributed by atoms with Crippen LogP contribution in [0.25, 0.3) is 22.3 Å². The zero-order valence-electron chi connectivity index (χ0n) is 83.4. The Morgan fingerprint density at radius 2 is 0.893 bits per heavy atom. The van der Waals surface area contributed by atoms with Gasteiger partial charge in [0.2, 0.25) is 0 Å². The fraction of sp³-hybridized carbons (Fsp3) is 0.270. The number of aldehydes is 1. The number of carbonyl (C=O) groups is 4. The van der Waals surface area contributed by atoms with Gasteiger partial charge in [0, 0.05) is 111 Å². The van der Waals surface area contributed by atoms with E-state index in [9.17, 15) is 62.3 Å². The van der Waals surface area contributed by atoms with E-state index < -0.39 is 69.7 Å². The number of hydrogen-bond donors (Lipinski definition) is 5. The number of rotatable bonds is 14. The molecule has 8 unspecified atom stereocenters. The molecule has 150 heavy (non-hydrogen) atoms. The van der Waals surface area contributed by atoms with Gasteiger partial charge in [0.25, 0.3) is 6.47 Å². The first-order valence-corrected chi connectivity index (χ1v) is 50.2. The fourth-order valence-electron chi connectivity index (χ4n) is 22.1. The number of furan rings is 2. The second-order valence-electron chi connectivity index (χ2n) is 37.4. The number of alkyl halides is 9. The van der Waals surface area contributed by atoms with Crippen molar-refractivity contribution in [1.82, 2.24) is 20.0 Å². The quantitative estimate of drug-likeness (QED) is 0.0129. The van der Waals surface area contributed by atoms with E-state index in [0.29, 0.717) is 96.9 Å². The standard InChI is InChI=1S/C31H32N2O2.C28H23F3N2O2.C26H24N2O.C23H17F6NO5S.C5H4O2.CH2O3.CH4O.2K.H/c1-22(20-24-12-8-18-33(24)21-25-13-9-19-34-25)30-26-14-5-6-17-29(26)35-31-27(30)15-7-16-28(31)32-23-10-3-2-4-11-23;29-28(30,31)27(34)33-19-13-14-20(33)16-17(15-19)25-21-9-4-5-12-24(21)35-26-22(25)10-6-11-23(26)32-18-7-2-1-3-8-18;1-2-7-18(8-3-1)28-23-11-6-10-22-25(17-15-19-13-14-20(16-17)27-19)21-9-4-5-12-24(21)29-26(22)23;24-22(25,26)21(31)30-13-8-9-14(30)11-12(10-13)19-15-4-1-2-6-17(15)34-20-16(19)5-3-7-18(20)35-36(32,33)23(27,28)29;6-4-5-2-1-3-7-5;2-1-4-3;1-2;;;/h2-7,9-10,13-17,19,23-24,32H,8,11-12,18,20-21H2,1H3;1-12,19-20,32H,13-16H2;1-12,19-20,27-28H,13-16H2;1-7,13-14H,8-11H2;1-4H;1,3H;2H,1H3;;;/q;;;;;;;2*+1;-1/p-1/b30-22+;;;;;;;;;. The van der Waals surface area contributed by atoms with Gasteiger partial charge in [0.15, 0.2) is 40.8 Å². The van der Waals surface area contributed by atoms with Gasteiger partial charge in [0.1, 0.15) is 28.8 Å². The Bertz CT molecular complexity index is 7150. The molecule has 24 rings (SSSR count). The molecule has 0 radical (unpaired) electrons. The second-order valence-corrected chi connectivity index (χ2v) is 38.9. The molecule has 35 heteroatoms. The molecule has 7 saturated heterocycles.